The fourth-order valence-electron chi connectivity index (χ4n) is 2.28. The van der Waals surface area contributed by atoms with Gasteiger partial charge < -0.3 is 20.3 Å². The molecule has 0 saturated heterocycles. The fourth-order valence-corrected chi connectivity index (χ4v) is 2.28. The van der Waals surface area contributed by atoms with Gasteiger partial charge in [0.15, 0.2) is 12.1 Å². The minimum Gasteiger partial charge on any atom is -0.478 e. The number of aromatic carboxylic acids is 1. The number of methoxy groups -OCH3 is 1. The van der Waals surface area contributed by atoms with Crippen LogP contribution in [-0.2, 0) is 11.3 Å². The molecule has 1 aromatic heterocycles. The second kappa shape index (κ2) is 6.02. The Labute approximate surface area is 129 Å². The van der Waals surface area contributed by atoms with Crippen LogP contribution in [0.15, 0.2) is 17.3 Å². The molecule has 3 N–H and O–H groups in total. The molecule has 0 aromatic carbocycles. The van der Waals surface area contributed by atoms with Crippen molar-refractivity contribution < 1.29 is 19.7 Å². The number of ether oxygens (including phenoxy) is 1. The number of aliphatic imine (C=N–C) groups is 1. The standard InChI is InChI=1S/C15H21N3O4/c1-8(2)15(3)14(21)17-12(18-15)11-10(13(19)20)5-9(6-16-11)7-22-4/h5-6,8,14,21H,7H2,1-4H3,(H,17,18)(H,19,20)/t14-,15-/m1/s1. The van der Waals surface area contributed by atoms with Crippen molar-refractivity contribution in [3.63, 3.8) is 0 Å². The highest BCUT2D eigenvalue weighted by Gasteiger charge is 2.43. The Hall–Kier alpha value is -1.99. The Bertz CT molecular complexity index is 615. The molecule has 7 heteroatoms. The maximum Gasteiger partial charge on any atom is 0.338 e. The van der Waals surface area contributed by atoms with Gasteiger partial charge >= 0.3 is 5.97 Å². The lowest BCUT2D eigenvalue weighted by Crippen LogP contribution is -2.52. The summed E-state index contributed by atoms with van der Waals surface area (Å²) in [5.41, 5.74) is 0.254. The van der Waals surface area contributed by atoms with Crippen molar-refractivity contribution in [1.29, 1.82) is 0 Å². The number of nitrogens with one attached hydrogen (secondary N) is 1. The smallest absolute Gasteiger partial charge is 0.338 e. The zero-order valence-corrected chi connectivity index (χ0v) is 13.1. The normalized spacial score (nSPS) is 24.3. The first-order valence-electron chi connectivity index (χ1n) is 7.05. The van der Waals surface area contributed by atoms with Crippen LogP contribution < -0.4 is 5.32 Å². The van der Waals surface area contributed by atoms with Crippen molar-refractivity contribution in [2.75, 3.05) is 7.11 Å². The van der Waals surface area contributed by atoms with Crippen molar-refractivity contribution in [2.45, 2.75) is 39.1 Å². The number of carboxylic acids is 1. The Morgan fingerprint density at radius 3 is 2.73 bits per heavy atom. The number of pyridine rings is 1. The maximum absolute atomic E-state index is 11.5. The number of aliphatic hydroxyl groups is 1. The second-order valence-corrected chi connectivity index (χ2v) is 5.89. The summed E-state index contributed by atoms with van der Waals surface area (Å²) in [5.74, 6) is -0.701. The van der Waals surface area contributed by atoms with Crippen molar-refractivity contribution >= 4 is 11.8 Å². The summed E-state index contributed by atoms with van der Waals surface area (Å²) in [6.07, 6.45) is 0.594. The molecule has 120 valence electrons. The van der Waals surface area contributed by atoms with Gasteiger partial charge in [-0.3, -0.25) is 4.98 Å². The van der Waals surface area contributed by atoms with Crippen molar-refractivity contribution in [1.82, 2.24) is 10.3 Å². The lowest BCUT2D eigenvalue weighted by molar-refractivity contribution is 0.0695. The van der Waals surface area contributed by atoms with Gasteiger partial charge in [0.2, 0.25) is 0 Å². The number of aromatic nitrogens is 1. The lowest BCUT2D eigenvalue weighted by Gasteiger charge is -2.32. The summed E-state index contributed by atoms with van der Waals surface area (Å²) in [6.45, 7) is 6.04. The molecule has 0 fully saturated rings. The highest BCUT2D eigenvalue weighted by Crippen LogP contribution is 2.28. The van der Waals surface area contributed by atoms with E-state index in [1.54, 1.807) is 6.20 Å². The first kappa shape index (κ1) is 16.4. The van der Waals surface area contributed by atoms with Crippen molar-refractivity contribution in [3.05, 3.63) is 29.1 Å². The fraction of sp³-hybridized carbons (Fsp3) is 0.533. The zero-order chi connectivity index (χ0) is 16.5. The average molecular weight is 307 g/mol. The molecule has 0 unspecified atom stereocenters. The molecule has 0 amide bonds. The number of carboxylic acid groups (broad SMARTS) is 1. The molecule has 2 heterocycles. The van der Waals surface area contributed by atoms with Crippen molar-refractivity contribution in [2.24, 2.45) is 10.9 Å². The Morgan fingerprint density at radius 1 is 1.55 bits per heavy atom. The van der Waals surface area contributed by atoms with Crippen LogP contribution in [-0.4, -0.2) is 45.9 Å². The van der Waals surface area contributed by atoms with Crippen LogP contribution in [0.3, 0.4) is 0 Å². The van der Waals surface area contributed by atoms with Gasteiger partial charge in [-0.1, -0.05) is 13.8 Å². The third-order valence-corrected chi connectivity index (χ3v) is 4.08. The van der Waals surface area contributed by atoms with E-state index in [1.807, 2.05) is 20.8 Å². The SMILES string of the molecule is COCc1cnc(C2=N[C@H](O)[C@@](C)(C(C)C)N2)c(C(=O)O)c1. The van der Waals surface area contributed by atoms with Crippen LogP contribution in [0.2, 0.25) is 0 Å². The molecule has 0 aliphatic carbocycles. The number of nitrogens with zero attached hydrogens (tertiary/aromatic N) is 2. The van der Waals surface area contributed by atoms with Gasteiger partial charge in [-0.15, -0.1) is 0 Å². The molecule has 22 heavy (non-hydrogen) atoms. The summed E-state index contributed by atoms with van der Waals surface area (Å²) in [4.78, 5) is 19.8. The van der Waals surface area contributed by atoms with E-state index < -0.39 is 17.7 Å². The highest BCUT2D eigenvalue weighted by atomic mass is 16.5. The Morgan fingerprint density at radius 2 is 2.23 bits per heavy atom. The molecule has 0 spiro atoms. The number of aliphatic hydroxyl groups excluding tert-OH is 1. The van der Waals surface area contributed by atoms with Gasteiger partial charge in [-0.25, -0.2) is 9.79 Å². The van der Waals surface area contributed by atoms with E-state index in [4.69, 9.17) is 4.74 Å². The predicted molar refractivity (Wildman–Crippen MR) is 80.8 cm³/mol. The molecule has 0 bridgehead atoms. The van der Waals surface area contributed by atoms with E-state index in [9.17, 15) is 15.0 Å². The van der Waals surface area contributed by atoms with Gasteiger partial charge in [-0.05, 0) is 24.5 Å². The summed E-state index contributed by atoms with van der Waals surface area (Å²) in [7, 11) is 1.53. The molecule has 0 saturated carbocycles. The van der Waals surface area contributed by atoms with Crippen LogP contribution in [0.1, 0.15) is 42.4 Å². The number of amidine groups is 1. The first-order valence-corrected chi connectivity index (χ1v) is 7.05. The molecule has 2 rings (SSSR count). The molecular weight excluding hydrogens is 286 g/mol. The molecule has 7 nitrogen and oxygen atoms in total. The maximum atomic E-state index is 11.5. The van der Waals surface area contributed by atoms with E-state index in [0.29, 0.717) is 11.4 Å². The van der Waals surface area contributed by atoms with E-state index >= 15 is 0 Å². The quantitative estimate of drug-likeness (QED) is 0.750. The van der Waals surface area contributed by atoms with E-state index in [0.717, 1.165) is 0 Å². The second-order valence-electron chi connectivity index (χ2n) is 5.89. The summed E-state index contributed by atoms with van der Waals surface area (Å²) in [6, 6.07) is 1.51. The van der Waals surface area contributed by atoms with Gasteiger partial charge in [0.25, 0.3) is 0 Å². The van der Waals surface area contributed by atoms with Gasteiger partial charge in [0, 0.05) is 13.3 Å². The molecule has 0 radical (unpaired) electrons. The first-order chi connectivity index (χ1) is 10.3. The third-order valence-electron chi connectivity index (χ3n) is 4.08. The summed E-state index contributed by atoms with van der Waals surface area (Å²) in [5, 5.41) is 22.7. The van der Waals surface area contributed by atoms with Crippen LogP contribution in [0.4, 0.5) is 0 Å². The zero-order valence-electron chi connectivity index (χ0n) is 13.1. The van der Waals surface area contributed by atoms with Gasteiger partial charge in [0.1, 0.15) is 5.69 Å². The summed E-state index contributed by atoms with van der Waals surface area (Å²) >= 11 is 0. The summed E-state index contributed by atoms with van der Waals surface area (Å²) < 4.78 is 4.99. The van der Waals surface area contributed by atoms with Crippen LogP contribution in [0, 0.1) is 5.92 Å². The number of rotatable bonds is 5. The van der Waals surface area contributed by atoms with E-state index in [1.165, 1.54) is 13.2 Å². The molecule has 2 atom stereocenters. The molecule has 1 aliphatic heterocycles. The largest absolute Gasteiger partial charge is 0.478 e. The van der Waals surface area contributed by atoms with Crippen molar-refractivity contribution in [3.8, 4) is 0 Å². The van der Waals surface area contributed by atoms with Gasteiger partial charge in [-0.2, -0.15) is 0 Å². The number of hydrogen-bond acceptors (Lipinski definition) is 6. The molecular formula is C15H21N3O4. The van der Waals surface area contributed by atoms with E-state index in [-0.39, 0.29) is 23.8 Å². The predicted octanol–water partition coefficient (Wildman–Crippen LogP) is 1.01. The minimum absolute atomic E-state index is 0.0287. The minimum atomic E-state index is -1.10. The number of carbonyl (C=O) groups is 1. The Balaban J connectivity index is 2.41. The highest BCUT2D eigenvalue weighted by molar-refractivity contribution is 6.07. The molecule has 1 aliphatic rings. The number of hydrogen-bond donors (Lipinski definition) is 3. The van der Waals surface area contributed by atoms with Gasteiger partial charge in [0.05, 0.1) is 17.7 Å². The lowest BCUT2D eigenvalue weighted by atomic mass is 9.87. The topological polar surface area (TPSA) is 104 Å². The third kappa shape index (κ3) is 2.82. The Kier molecular flexibility index (Phi) is 4.48. The average Bonchev–Trinajstić information content (AvgIpc) is 2.76. The molecule has 1 aromatic rings. The van der Waals surface area contributed by atoms with E-state index in [2.05, 4.69) is 15.3 Å². The van der Waals surface area contributed by atoms with Crippen LogP contribution >= 0.6 is 0 Å². The monoisotopic (exact) mass is 307 g/mol. The van der Waals surface area contributed by atoms with Crippen LogP contribution in [0.5, 0.6) is 0 Å². The van der Waals surface area contributed by atoms with Crippen LogP contribution in [0.25, 0.3) is 0 Å².